The van der Waals surface area contributed by atoms with Crippen molar-refractivity contribution in [1.29, 1.82) is 5.26 Å². The molecule has 2 heterocycles. The van der Waals surface area contributed by atoms with Crippen molar-refractivity contribution in [3.63, 3.8) is 0 Å². The van der Waals surface area contributed by atoms with Crippen molar-refractivity contribution in [2.75, 3.05) is 32.8 Å². The van der Waals surface area contributed by atoms with E-state index in [1.54, 1.807) is 0 Å². The third kappa shape index (κ3) is 2.82. The molecule has 0 radical (unpaired) electrons. The van der Waals surface area contributed by atoms with Gasteiger partial charge in [0.15, 0.2) is 0 Å². The number of hydrogen-bond acceptors (Lipinski definition) is 4. The van der Waals surface area contributed by atoms with Gasteiger partial charge in [0.05, 0.1) is 11.5 Å². The van der Waals surface area contributed by atoms with Gasteiger partial charge in [-0.25, -0.2) is 0 Å². The summed E-state index contributed by atoms with van der Waals surface area (Å²) in [4.78, 5) is 13.7. The summed E-state index contributed by atoms with van der Waals surface area (Å²) >= 11 is 0. The van der Waals surface area contributed by atoms with E-state index in [-0.39, 0.29) is 5.92 Å². The van der Waals surface area contributed by atoms with Crippen LogP contribution in [-0.4, -0.2) is 48.8 Å². The Hall–Kier alpha value is -1.12. The van der Waals surface area contributed by atoms with Gasteiger partial charge in [0.2, 0.25) is 0 Å². The van der Waals surface area contributed by atoms with E-state index in [0.717, 1.165) is 25.9 Å². The van der Waals surface area contributed by atoms with Gasteiger partial charge in [0.1, 0.15) is 0 Å². The van der Waals surface area contributed by atoms with Gasteiger partial charge in [-0.05, 0) is 38.8 Å². The highest BCUT2D eigenvalue weighted by Gasteiger charge is 2.42. The van der Waals surface area contributed by atoms with E-state index in [1.807, 2.05) is 0 Å². The number of rotatable bonds is 3. The van der Waals surface area contributed by atoms with Crippen LogP contribution in [0.4, 0.5) is 0 Å². The number of carboxylic acids is 1. The second-order valence-electron chi connectivity index (χ2n) is 5.38. The molecule has 1 N–H and O–H groups in total. The van der Waals surface area contributed by atoms with Crippen LogP contribution in [-0.2, 0) is 9.53 Å². The first kappa shape index (κ1) is 13.3. The Kier molecular flexibility index (Phi) is 4.20. The minimum absolute atomic E-state index is 0.150. The van der Waals surface area contributed by atoms with Gasteiger partial charge < -0.3 is 14.7 Å². The van der Waals surface area contributed by atoms with E-state index >= 15 is 0 Å². The molecule has 2 fully saturated rings. The molecule has 0 amide bonds. The Bertz CT molecular complexity index is 337. The number of carbonyl (C=O) groups is 1. The van der Waals surface area contributed by atoms with Gasteiger partial charge in [-0.3, -0.25) is 4.79 Å². The number of aliphatic carboxylic acids is 1. The molecule has 100 valence electrons. The summed E-state index contributed by atoms with van der Waals surface area (Å²) in [5, 5.41) is 18.3. The van der Waals surface area contributed by atoms with Crippen LogP contribution in [0.3, 0.4) is 0 Å². The van der Waals surface area contributed by atoms with Crippen LogP contribution in [0.15, 0.2) is 0 Å². The molecule has 0 aromatic heterocycles. The predicted octanol–water partition coefficient (Wildman–Crippen LogP) is 1.10. The number of piperidine rings is 1. The molecule has 0 atom stereocenters. The predicted molar refractivity (Wildman–Crippen MR) is 64.9 cm³/mol. The average molecular weight is 252 g/mol. The van der Waals surface area contributed by atoms with Gasteiger partial charge in [0, 0.05) is 25.7 Å². The molecule has 2 aliphatic heterocycles. The van der Waals surface area contributed by atoms with E-state index in [9.17, 15) is 9.90 Å². The second kappa shape index (κ2) is 5.68. The molecule has 0 aromatic rings. The first-order valence-electron chi connectivity index (χ1n) is 6.59. The maximum absolute atomic E-state index is 11.5. The number of ether oxygens (including phenoxy) is 1. The molecule has 0 aliphatic carbocycles. The van der Waals surface area contributed by atoms with Crippen LogP contribution in [0.25, 0.3) is 0 Å². The first-order chi connectivity index (χ1) is 8.66. The van der Waals surface area contributed by atoms with Crippen molar-refractivity contribution in [3.05, 3.63) is 0 Å². The lowest BCUT2D eigenvalue weighted by molar-refractivity contribution is -0.157. The largest absolute Gasteiger partial charge is 0.481 e. The number of nitriles is 1. The molecule has 0 bridgehead atoms. The van der Waals surface area contributed by atoms with Crippen molar-refractivity contribution < 1.29 is 14.6 Å². The van der Waals surface area contributed by atoms with Crippen LogP contribution in [0.1, 0.15) is 25.7 Å². The van der Waals surface area contributed by atoms with Crippen LogP contribution >= 0.6 is 0 Å². The zero-order valence-electron chi connectivity index (χ0n) is 10.6. The van der Waals surface area contributed by atoms with Gasteiger partial charge >= 0.3 is 5.97 Å². The van der Waals surface area contributed by atoms with E-state index in [0.29, 0.717) is 32.6 Å². The lowest BCUT2D eigenvalue weighted by atomic mass is 9.79. The Balaban J connectivity index is 1.94. The zero-order chi connectivity index (χ0) is 13.0. The van der Waals surface area contributed by atoms with Crippen molar-refractivity contribution in [2.45, 2.75) is 25.7 Å². The molecule has 2 saturated heterocycles. The van der Waals surface area contributed by atoms with Crippen LogP contribution in [0.2, 0.25) is 0 Å². The summed E-state index contributed by atoms with van der Waals surface area (Å²) in [6.07, 6.45) is 2.92. The monoisotopic (exact) mass is 252 g/mol. The van der Waals surface area contributed by atoms with E-state index in [1.165, 1.54) is 0 Å². The molecular formula is C13H20N2O3. The Morgan fingerprint density at radius 2 is 2.00 bits per heavy atom. The molecule has 0 unspecified atom stereocenters. The van der Waals surface area contributed by atoms with Crippen LogP contribution in [0, 0.1) is 22.7 Å². The fourth-order valence-electron chi connectivity index (χ4n) is 2.85. The smallest absolute Gasteiger partial charge is 0.311 e. The zero-order valence-corrected chi connectivity index (χ0v) is 10.6. The van der Waals surface area contributed by atoms with Crippen molar-refractivity contribution in [3.8, 4) is 6.07 Å². The summed E-state index contributed by atoms with van der Waals surface area (Å²) in [6.45, 7) is 3.37. The topological polar surface area (TPSA) is 73.6 Å². The van der Waals surface area contributed by atoms with E-state index in [2.05, 4.69) is 11.0 Å². The van der Waals surface area contributed by atoms with Crippen LogP contribution < -0.4 is 0 Å². The second-order valence-corrected chi connectivity index (χ2v) is 5.38. The van der Waals surface area contributed by atoms with Gasteiger partial charge in [-0.1, -0.05) is 0 Å². The highest BCUT2D eigenvalue weighted by molar-refractivity contribution is 5.75. The summed E-state index contributed by atoms with van der Waals surface area (Å²) < 4.78 is 5.27. The van der Waals surface area contributed by atoms with Crippen LogP contribution in [0.5, 0.6) is 0 Å². The SMILES string of the molecule is N#CC1CCN(CC2(C(=O)O)CCOCC2)CC1. The van der Waals surface area contributed by atoms with Crippen molar-refractivity contribution in [1.82, 2.24) is 4.90 Å². The number of likely N-dealkylation sites (tertiary alicyclic amines) is 1. The third-order valence-corrected chi connectivity index (χ3v) is 4.20. The molecular weight excluding hydrogens is 232 g/mol. The lowest BCUT2D eigenvalue weighted by Crippen LogP contribution is -2.48. The lowest BCUT2D eigenvalue weighted by Gasteiger charge is -2.39. The minimum Gasteiger partial charge on any atom is -0.481 e. The highest BCUT2D eigenvalue weighted by Crippen LogP contribution is 2.33. The minimum atomic E-state index is -0.701. The maximum atomic E-state index is 11.5. The fraction of sp³-hybridized carbons (Fsp3) is 0.846. The third-order valence-electron chi connectivity index (χ3n) is 4.20. The Morgan fingerprint density at radius 3 is 2.50 bits per heavy atom. The normalized spacial score (nSPS) is 25.5. The Labute approximate surface area is 107 Å². The quantitative estimate of drug-likeness (QED) is 0.814. The van der Waals surface area contributed by atoms with Gasteiger partial charge in [0.25, 0.3) is 0 Å². The molecule has 2 aliphatic rings. The van der Waals surface area contributed by atoms with Crippen molar-refractivity contribution in [2.24, 2.45) is 11.3 Å². The van der Waals surface area contributed by atoms with Crippen molar-refractivity contribution >= 4 is 5.97 Å². The number of nitrogens with zero attached hydrogens (tertiary/aromatic N) is 2. The Morgan fingerprint density at radius 1 is 1.39 bits per heavy atom. The van der Waals surface area contributed by atoms with Gasteiger partial charge in [-0.15, -0.1) is 0 Å². The summed E-state index contributed by atoms with van der Waals surface area (Å²) in [6, 6.07) is 2.30. The molecule has 18 heavy (non-hydrogen) atoms. The summed E-state index contributed by atoms with van der Waals surface area (Å²) in [5.74, 6) is -0.551. The highest BCUT2D eigenvalue weighted by atomic mass is 16.5. The molecule has 0 aromatic carbocycles. The average Bonchev–Trinajstić information content (AvgIpc) is 2.40. The molecule has 2 rings (SSSR count). The molecule has 0 saturated carbocycles. The summed E-state index contributed by atoms with van der Waals surface area (Å²) in [7, 11) is 0. The molecule has 5 heteroatoms. The molecule has 0 spiro atoms. The number of carboxylic acid groups (broad SMARTS) is 1. The van der Waals surface area contributed by atoms with Gasteiger partial charge in [-0.2, -0.15) is 5.26 Å². The fourth-order valence-corrected chi connectivity index (χ4v) is 2.85. The van der Waals surface area contributed by atoms with E-state index in [4.69, 9.17) is 10.00 Å². The maximum Gasteiger partial charge on any atom is 0.311 e. The summed E-state index contributed by atoms with van der Waals surface area (Å²) in [5.41, 5.74) is -0.641. The van der Waals surface area contributed by atoms with E-state index < -0.39 is 11.4 Å². The molecule has 5 nitrogen and oxygen atoms in total. The standard InChI is InChI=1S/C13H20N2O3/c14-9-11-1-5-15(6-2-11)10-13(12(16)17)3-7-18-8-4-13/h11H,1-8,10H2,(H,16,17). The number of hydrogen-bond donors (Lipinski definition) is 1. The first-order valence-corrected chi connectivity index (χ1v) is 6.59.